The number of nitrogen functional groups attached to an aromatic ring is 1. The van der Waals surface area contributed by atoms with E-state index in [-0.39, 0.29) is 17.1 Å². The van der Waals surface area contributed by atoms with Crippen LogP contribution in [0.4, 0.5) is 5.69 Å². The van der Waals surface area contributed by atoms with Crippen LogP contribution in [-0.4, -0.2) is 33.7 Å². The lowest BCUT2D eigenvalue weighted by Crippen LogP contribution is -2.30. The van der Waals surface area contributed by atoms with Crippen molar-refractivity contribution in [2.45, 2.75) is 4.90 Å². The van der Waals surface area contributed by atoms with Crippen molar-refractivity contribution in [3.05, 3.63) is 18.2 Å². The van der Waals surface area contributed by atoms with Crippen LogP contribution in [0.2, 0.25) is 0 Å². The molecule has 0 fully saturated rings. The highest BCUT2D eigenvalue weighted by Crippen LogP contribution is 2.24. The fourth-order valence-electron chi connectivity index (χ4n) is 1.35. The van der Waals surface area contributed by atoms with Crippen molar-refractivity contribution < 1.29 is 17.9 Å². The molecular weight excluding hydrogens is 270 g/mol. The highest BCUT2D eigenvalue weighted by Gasteiger charge is 2.22. The number of benzene rings is 1. The number of methoxy groups -OCH3 is 1. The van der Waals surface area contributed by atoms with Gasteiger partial charge in [0.2, 0.25) is 5.91 Å². The van der Waals surface area contributed by atoms with Crippen molar-refractivity contribution in [2.75, 3.05) is 25.1 Å². The molecule has 0 unspecified atom stereocenters. The van der Waals surface area contributed by atoms with Crippen molar-refractivity contribution in [1.82, 2.24) is 5.32 Å². The van der Waals surface area contributed by atoms with Crippen LogP contribution in [0.3, 0.4) is 0 Å². The second-order valence-corrected chi connectivity index (χ2v) is 5.56. The van der Waals surface area contributed by atoms with Gasteiger partial charge in [0.25, 0.3) is 0 Å². The maximum absolute atomic E-state index is 12.0. The quantitative estimate of drug-likeness (QED) is 0.564. The summed E-state index contributed by atoms with van der Waals surface area (Å²) >= 11 is 0. The number of hydrogen-bond donors (Lipinski definition) is 2. The average Bonchev–Trinajstić information content (AvgIpc) is 2.36. The van der Waals surface area contributed by atoms with Gasteiger partial charge in [-0.3, -0.25) is 4.79 Å². The largest absolute Gasteiger partial charge is 0.497 e. The molecule has 1 amide bonds. The first-order valence-corrected chi connectivity index (χ1v) is 6.86. The van der Waals surface area contributed by atoms with Crippen LogP contribution in [0.25, 0.3) is 0 Å². The average molecular weight is 283 g/mol. The molecule has 3 N–H and O–H groups in total. The molecule has 0 aliphatic heterocycles. The van der Waals surface area contributed by atoms with E-state index in [9.17, 15) is 13.2 Å². The third-order valence-electron chi connectivity index (χ3n) is 2.24. The van der Waals surface area contributed by atoms with Gasteiger partial charge < -0.3 is 15.8 Å². The summed E-state index contributed by atoms with van der Waals surface area (Å²) in [5, 5.41) is 10.4. The van der Waals surface area contributed by atoms with Crippen LogP contribution in [0.15, 0.2) is 23.1 Å². The lowest BCUT2D eigenvalue weighted by atomic mass is 10.3. The molecule has 1 aromatic carbocycles. The first kappa shape index (κ1) is 14.8. The van der Waals surface area contributed by atoms with E-state index in [1.54, 1.807) is 6.07 Å². The highest BCUT2D eigenvalue weighted by atomic mass is 32.2. The van der Waals surface area contributed by atoms with Crippen molar-refractivity contribution in [1.29, 1.82) is 5.26 Å². The number of anilines is 1. The first-order valence-electron chi connectivity index (χ1n) is 5.20. The zero-order valence-corrected chi connectivity index (χ0v) is 11.0. The Kier molecular flexibility index (Phi) is 4.72. The Morgan fingerprint density at radius 2 is 2.21 bits per heavy atom. The molecule has 0 aromatic heterocycles. The van der Waals surface area contributed by atoms with E-state index in [0.29, 0.717) is 5.75 Å². The molecule has 0 atom stereocenters. The van der Waals surface area contributed by atoms with Crippen LogP contribution < -0.4 is 15.8 Å². The van der Waals surface area contributed by atoms with Crippen LogP contribution in [0, 0.1) is 11.3 Å². The van der Waals surface area contributed by atoms with E-state index in [2.05, 4.69) is 5.32 Å². The molecule has 0 spiro atoms. The van der Waals surface area contributed by atoms with Crippen molar-refractivity contribution >= 4 is 21.4 Å². The van der Waals surface area contributed by atoms with Crippen molar-refractivity contribution in [3.63, 3.8) is 0 Å². The van der Waals surface area contributed by atoms with E-state index < -0.39 is 21.5 Å². The Labute approximate surface area is 110 Å². The molecule has 0 aliphatic carbocycles. The minimum atomic E-state index is -3.88. The van der Waals surface area contributed by atoms with E-state index in [1.807, 2.05) is 0 Å². The summed E-state index contributed by atoms with van der Waals surface area (Å²) in [4.78, 5) is 11.2. The Balaban J connectivity index is 3.01. The second-order valence-electron chi connectivity index (χ2n) is 3.60. The number of carbonyl (C=O) groups excluding carboxylic acids is 1. The summed E-state index contributed by atoms with van der Waals surface area (Å²) in [6, 6.07) is 5.84. The minimum absolute atomic E-state index is 0.0360. The monoisotopic (exact) mass is 283 g/mol. The third-order valence-corrected chi connectivity index (χ3v) is 3.91. The lowest BCUT2D eigenvalue weighted by Gasteiger charge is -2.09. The minimum Gasteiger partial charge on any atom is -0.497 e. The zero-order chi connectivity index (χ0) is 14.5. The summed E-state index contributed by atoms with van der Waals surface area (Å²) in [6.07, 6.45) is 0. The fraction of sp³-hybridized carbons (Fsp3) is 0.273. The summed E-state index contributed by atoms with van der Waals surface area (Å²) in [5.74, 6) is -1.21. The third kappa shape index (κ3) is 3.86. The normalized spacial score (nSPS) is 10.5. The van der Waals surface area contributed by atoms with Gasteiger partial charge in [0, 0.05) is 6.07 Å². The van der Waals surface area contributed by atoms with Gasteiger partial charge in [0.15, 0.2) is 9.84 Å². The number of rotatable bonds is 5. The van der Waals surface area contributed by atoms with Crippen molar-refractivity contribution in [3.8, 4) is 11.8 Å². The molecule has 8 heteroatoms. The number of amides is 1. The zero-order valence-electron chi connectivity index (χ0n) is 10.2. The molecule has 19 heavy (non-hydrogen) atoms. The smallest absolute Gasteiger partial charge is 0.236 e. The van der Waals surface area contributed by atoms with Gasteiger partial charge in [-0.25, -0.2) is 8.42 Å². The fourth-order valence-corrected chi connectivity index (χ4v) is 2.68. The number of nitriles is 1. The topological polar surface area (TPSA) is 122 Å². The van der Waals surface area contributed by atoms with Gasteiger partial charge in [-0.05, 0) is 12.1 Å². The van der Waals surface area contributed by atoms with Gasteiger partial charge in [-0.1, -0.05) is 0 Å². The molecule has 1 aromatic rings. The Hall–Kier alpha value is -2.27. The molecule has 0 saturated heterocycles. The van der Waals surface area contributed by atoms with E-state index in [1.165, 1.54) is 25.3 Å². The Bertz CT molecular complexity index is 619. The molecule has 0 aliphatic rings. The number of hydrogen-bond acceptors (Lipinski definition) is 6. The van der Waals surface area contributed by atoms with Crippen LogP contribution in [-0.2, 0) is 14.6 Å². The molecule has 0 saturated carbocycles. The molecule has 0 bridgehead atoms. The maximum atomic E-state index is 12.0. The molecule has 1 rings (SSSR count). The summed E-state index contributed by atoms with van der Waals surface area (Å²) in [7, 11) is -2.49. The predicted octanol–water partition coefficient (Wildman–Crippen LogP) is -0.309. The molecule has 7 nitrogen and oxygen atoms in total. The standard InChI is InChI=1S/C11H13N3O4S/c1-18-8-2-3-9(13)10(6-8)19(16,17)7-11(15)14-5-4-12/h2-3,6H,5,7,13H2,1H3,(H,14,15). The summed E-state index contributed by atoms with van der Waals surface area (Å²) < 4.78 is 28.9. The SMILES string of the molecule is COc1ccc(N)c(S(=O)(=O)CC(=O)NCC#N)c1. The molecule has 102 valence electrons. The number of nitrogens with zero attached hydrogens (tertiary/aromatic N) is 1. The number of nitrogens with one attached hydrogen (secondary N) is 1. The number of ether oxygens (including phenoxy) is 1. The van der Waals surface area contributed by atoms with Gasteiger partial charge in [0.1, 0.15) is 18.0 Å². The predicted molar refractivity (Wildman–Crippen MR) is 68.1 cm³/mol. The maximum Gasteiger partial charge on any atom is 0.236 e. The Morgan fingerprint density at radius 3 is 2.79 bits per heavy atom. The van der Waals surface area contributed by atoms with E-state index in [0.717, 1.165) is 0 Å². The molecular formula is C11H13N3O4S. The summed E-state index contributed by atoms with van der Waals surface area (Å²) in [5.41, 5.74) is 5.62. The van der Waals surface area contributed by atoms with Crippen LogP contribution in [0.1, 0.15) is 0 Å². The molecule has 0 radical (unpaired) electrons. The first-order chi connectivity index (χ1) is 8.90. The van der Waals surface area contributed by atoms with Gasteiger partial charge in [-0.2, -0.15) is 5.26 Å². The number of sulfone groups is 1. The van der Waals surface area contributed by atoms with Gasteiger partial charge >= 0.3 is 0 Å². The number of carbonyl (C=O) groups is 1. The van der Waals surface area contributed by atoms with Crippen molar-refractivity contribution in [2.24, 2.45) is 0 Å². The van der Waals surface area contributed by atoms with E-state index >= 15 is 0 Å². The highest BCUT2D eigenvalue weighted by molar-refractivity contribution is 7.92. The Morgan fingerprint density at radius 1 is 1.53 bits per heavy atom. The van der Waals surface area contributed by atoms with E-state index in [4.69, 9.17) is 15.7 Å². The summed E-state index contributed by atoms with van der Waals surface area (Å²) in [6.45, 7) is -0.248. The number of nitrogens with two attached hydrogens (primary N) is 1. The van der Waals surface area contributed by atoms with Gasteiger partial charge in [0.05, 0.1) is 23.8 Å². The molecule has 0 heterocycles. The van der Waals surface area contributed by atoms with Crippen LogP contribution >= 0.6 is 0 Å². The van der Waals surface area contributed by atoms with Gasteiger partial charge in [-0.15, -0.1) is 0 Å². The lowest BCUT2D eigenvalue weighted by molar-refractivity contribution is -0.118. The van der Waals surface area contributed by atoms with Crippen LogP contribution in [0.5, 0.6) is 5.75 Å². The second kappa shape index (κ2) is 6.06.